The molecule has 1 aliphatic rings. The summed E-state index contributed by atoms with van der Waals surface area (Å²) >= 11 is 0. The van der Waals surface area contributed by atoms with Gasteiger partial charge in [-0.25, -0.2) is 0 Å². The first kappa shape index (κ1) is 13.5. The molecule has 0 radical (unpaired) electrons. The summed E-state index contributed by atoms with van der Waals surface area (Å²) < 4.78 is 10.7. The van der Waals surface area contributed by atoms with Gasteiger partial charge in [0.1, 0.15) is 12.4 Å². The van der Waals surface area contributed by atoms with Gasteiger partial charge in [-0.1, -0.05) is 11.2 Å². The van der Waals surface area contributed by atoms with Crippen LogP contribution < -0.4 is 15.4 Å². The third kappa shape index (κ3) is 2.56. The minimum atomic E-state index is -0.171. The maximum atomic E-state index is 12.4. The summed E-state index contributed by atoms with van der Waals surface area (Å²) in [6, 6.07) is 5.50. The molecule has 0 spiro atoms. The van der Waals surface area contributed by atoms with E-state index in [1.807, 2.05) is 26.0 Å². The molecule has 1 aliphatic heterocycles. The van der Waals surface area contributed by atoms with Crippen molar-refractivity contribution >= 4 is 11.6 Å². The molecule has 3 rings (SSSR count). The number of ether oxygens (including phenoxy) is 1. The largest absolute Gasteiger partial charge is 0.489 e. The molecule has 0 atom stereocenters. The monoisotopic (exact) mass is 287 g/mol. The molecule has 0 unspecified atom stereocenters. The van der Waals surface area contributed by atoms with Crippen LogP contribution in [0.1, 0.15) is 27.4 Å². The molecule has 0 fully saturated rings. The Balaban J connectivity index is 1.77. The number of benzene rings is 1. The zero-order valence-electron chi connectivity index (χ0n) is 12.0. The molecule has 2 aromatic rings. The SMILES string of the molecule is Cc1noc(C)c1CNC(=O)c1cccc2c1OCCN2. The second kappa shape index (κ2) is 5.47. The summed E-state index contributed by atoms with van der Waals surface area (Å²) in [5, 5.41) is 9.98. The van der Waals surface area contributed by atoms with E-state index < -0.39 is 0 Å². The van der Waals surface area contributed by atoms with Gasteiger partial charge in [0.15, 0.2) is 5.75 Å². The van der Waals surface area contributed by atoms with Crippen LogP contribution in [0.2, 0.25) is 0 Å². The highest BCUT2D eigenvalue weighted by Crippen LogP contribution is 2.31. The van der Waals surface area contributed by atoms with Crippen LogP contribution in [0.3, 0.4) is 0 Å². The lowest BCUT2D eigenvalue weighted by Gasteiger charge is -2.21. The van der Waals surface area contributed by atoms with Crippen LogP contribution in [0.5, 0.6) is 5.75 Å². The number of anilines is 1. The van der Waals surface area contributed by atoms with Gasteiger partial charge in [0.25, 0.3) is 5.91 Å². The maximum absolute atomic E-state index is 12.4. The molecule has 2 N–H and O–H groups in total. The van der Waals surface area contributed by atoms with Crippen LogP contribution in [0, 0.1) is 13.8 Å². The Morgan fingerprint density at radius 3 is 3.05 bits per heavy atom. The first-order valence-electron chi connectivity index (χ1n) is 6.86. The van der Waals surface area contributed by atoms with Gasteiger partial charge in [-0.2, -0.15) is 0 Å². The molecule has 6 heteroatoms. The van der Waals surface area contributed by atoms with Crippen molar-refractivity contribution in [2.45, 2.75) is 20.4 Å². The summed E-state index contributed by atoms with van der Waals surface area (Å²) in [4.78, 5) is 12.4. The summed E-state index contributed by atoms with van der Waals surface area (Å²) in [5.41, 5.74) is 3.09. The van der Waals surface area contributed by atoms with Crippen molar-refractivity contribution < 1.29 is 14.1 Å². The van der Waals surface area contributed by atoms with Gasteiger partial charge in [0.05, 0.1) is 16.9 Å². The predicted molar refractivity (Wildman–Crippen MR) is 77.6 cm³/mol. The molecule has 1 aromatic heterocycles. The van der Waals surface area contributed by atoms with E-state index in [2.05, 4.69) is 15.8 Å². The number of amides is 1. The van der Waals surface area contributed by atoms with Crippen LogP contribution in [0.15, 0.2) is 22.7 Å². The highest BCUT2D eigenvalue weighted by Gasteiger charge is 2.19. The van der Waals surface area contributed by atoms with Gasteiger partial charge in [-0.3, -0.25) is 4.79 Å². The molecular formula is C15H17N3O3. The van der Waals surface area contributed by atoms with Crippen molar-refractivity contribution in [2.75, 3.05) is 18.5 Å². The number of nitrogens with zero attached hydrogens (tertiary/aromatic N) is 1. The number of hydrogen-bond acceptors (Lipinski definition) is 5. The Labute approximate surface area is 122 Å². The lowest BCUT2D eigenvalue weighted by Crippen LogP contribution is -2.26. The third-order valence-corrected chi connectivity index (χ3v) is 3.53. The Morgan fingerprint density at radius 1 is 1.43 bits per heavy atom. The fraction of sp³-hybridized carbons (Fsp3) is 0.333. The fourth-order valence-electron chi connectivity index (χ4n) is 2.37. The maximum Gasteiger partial charge on any atom is 0.255 e. The third-order valence-electron chi connectivity index (χ3n) is 3.53. The molecular weight excluding hydrogens is 270 g/mol. The predicted octanol–water partition coefficient (Wildman–Crippen LogP) is 2.03. The minimum absolute atomic E-state index is 0.171. The molecule has 1 aromatic carbocycles. The second-order valence-electron chi connectivity index (χ2n) is 4.94. The normalized spacial score (nSPS) is 13.0. The Morgan fingerprint density at radius 2 is 2.29 bits per heavy atom. The quantitative estimate of drug-likeness (QED) is 0.903. The first-order chi connectivity index (χ1) is 10.2. The van der Waals surface area contributed by atoms with Gasteiger partial charge < -0.3 is 19.9 Å². The highest BCUT2D eigenvalue weighted by molar-refractivity contribution is 5.98. The summed E-state index contributed by atoms with van der Waals surface area (Å²) in [7, 11) is 0. The number of aryl methyl sites for hydroxylation is 2. The topological polar surface area (TPSA) is 76.4 Å². The van der Waals surface area contributed by atoms with Gasteiger partial charge in [0.2, 0.25) is 0 Å². The van der Waals surface area contributed by atoms with Gasteiger partial charge in [0, 0.05) is 18.7 Å². The van der Waals surface area contributed by atoms with Crippen LogP contribution in [0.4, 0.5) is 5.69 Å². The van der Waals surface area contributed by atoms with Crippen LogP contribution in [0.25, 0.3) is 0 Å². The summed E-state index contributed by atoms with van der Waals surface area (Å²) in [5.74, 6) is 1.16. The number of carbonyl (C=O) groups is 1. The van der Waals surface area contributed by atoms with Crippen LogP contribution in [-0.4, -0.2) is 24.2 Å². The first-order valence-corrected chi connectivity index (χ1v) is 6.86. The van der Waals surface area contributed by atoms with Crippen molar-refractivity contribution in [3.05, 3.63) is 40.8 Å². The smallest absolute Gasteiger partial charge is 0.255 e. The number of fused-ring (bicyclic) bond motifs is 1. The summed E-state index contributed by atoms with van der Waals surface area (Å²) in [6.07, 6.45) is 0. The number of hydrogen-bond donors (Lipinski definition) is 2. The van der Waals surface area contributed by atoms with Crippen molar-refractivity contribution in [1.82, 2.24) is 10.5 Å². The molecule has 0 bridgehead atoms. The van der Waals surface area contributed by atoms with E-state index >= 15 is 0 Å². The Hall–Kier alpha value is -2.50. The van der Waals surface area contributed by atoms with Crippen LogP contribution in [-0.2, 0) is 6.54 Å². The molecule has 0 saturated heterocycles. The van der Waals surface area contributed by atoms with E-state index in [1.54, 1.807) is 6.07 Å². The molecule has 2 heterocycles. The molecule has 0 saturated carbocycles. The molecule has 6 nitrogen and oxygen atoms in total. The van der Waals surface area contributed by atoms with E-state index in [4.69, 9.17) is 9.26 Å². The average molecular weight is 287 g/mol. The zero-order chi connectivity index (χ0) is 14.8. The molecule has 1 amide bonds. The Kier molecular flexibility index (Phi) is 3.51. The number of nitrogens with one attached hydrogen (secondary N) is 2. The van der Waals surface area contributed by atoms with Crippen LogP contribution >= 0.6 is 0 Å². The lowest BCUT2D eigenvalue weighted by atomic mass is 10.1. The lowest BCUT2D eigenvalue weighted by molar-refractivity contribution is 0.0946. The highest BCUT2D eigenvalue weighted by atomic mass is 16.5. The molecule has 21 heavy (non-hydrogen) atoms. The van der Waals surface area contributed by atoms with E-state index in [0.717, 1.165) is 29.2 Å². The van der Waals surface area contributed by atoms with E-state index in [1.165, 1.54) is 0 Å². The van der Waals surface area contributed by atoms with Gasteiger partial charge >= 0.3 is 0 Å². The number of rotatable bonds is 3. The number of carbonyl (C=O) groups excluding carboxylic acids is 1. The van der Waals surface area contributed by atoms with E-state index in [-0.39, 0.29) is 5.91 Å². The van der Waals surface area contributed by atoms with E-state index in [0.29, 0.717) is 24.5 Å². The van der Waals surface area contributed by atoms with Crippen molar-refractivity contribution in [2.24, 2.45) is 0 Å². The van der Waals surface area contributed by atoms with Gasteiger partial charge in [-0.15, -0.1) is 0 Å². The average Bonchev–Trinajstić information content (AvgIpc) is 2.83. The van der Waals surface area contributed by atoms with Crippen molar-refractivity contribution in [3.63, 3.8) is 0 Å². The fourth-order valence-corrected chi connectivity index (χ4v) is 2.37. The Bertz CT molecular complexity index is 659. The minimum Gasteiger partial charge on any atom is -0.489 e. The van der Waals surface area contributed by atoms with Crippen molar-refractivity contribution in [3.8, 4) is 5.75 Å². The van der Waals surface area contributed by atoms with E-state index in [9.17, 15) is 4.79 Å². The zero-order valence-corrected chi connectivity index (χ0v) is 12.0. The van der Waals surface area contributed by atoms with Crippen molar-refractivity contribution in [1.29, 1.82) is 0 Å². The standard InChI is InChI=1S/C15H17N3O3/c1-9-12(10(2)21-18-9)8-17-15(19)11-4-3-5-13-14(11)20-7-6-16-13/h3-5,16H,6-8H2,1-2H3,(H,17,19). The summed E-state index contributed by atoms with van der Waals surface area (Å²) in [6.45, 7) is 5.38. The number of para-hydroxylation sites is 1. The van der Waals surface area contributed by atoms with Gasteiger partial charge in [-0.05, 0) is 26.0 Å². The molecule has 110 valence electrons. The second-order valence-corrected chi connectivity index (χ2v) is 4.94. The molecule has 0 aliphatic carbocycles. The number of aromatic nitrogens is 1.